The summed E-state index contributed by atoms with van der Waals surface area (Å²) in [5.74, 6) is 0.871. The first-order valence-corrected chi connectivity index (χ1v) is 9.65. The van der Waals surface area contributed by atoms with E-state index >= 15 is 0 Å². The lowest BCUT2D eigenvalue weighted by Gasteiger charge is -2.32. The largest absolute Gasteiger partial charge is 0.493 e. The molecule has 0 aliphatic carbocycles. The molecular formula is C21H29N3O4. The van der Waals surface area contributed by atoms with Gasteiger partial charge in [0.05, 0.1) is 19.8 Å². The molecule has 0 spiro atoms. The number of carbonyl (C=O) groups excluding carboxylic acids is 1. The fraction of sp³-hybridized carbons (Fsp3) is 0.524. The zero-order valence-electron chi connectivity index (χ0n) is 16.8. The predicted octanol–water partition coefficient (Wildman–Crippen LogP) is 3.24. The summed E-state index contributed by atoms with van der Waals surface area (Å²) in [5, 5.41) is 7.18. The van der Waals surface area contributed by atoms with Crippen LogP contribution in [0.25, 0.3) is 0 Å². The Balaban J connectivity index is 1.50. The molecule has 0 unspecified atom stereocenters. The number of carbonyl (C=O) groups is 1. The zero-order valence-corrected chi connectivity index (χ0v) is 16.8. The van der Waals surface area contributed by atoms with Crippen LogP contribution in [0.1, 0.15) is 32.8 Å². The van der Waals surface area contributed by atoms with Crippen molar-refractivity contribution >= 4 is 6.09 Å². The molecule has 1 aromatic carbocycles. The van der Waals surface area contributed by atoms with Crippen LogP contribution in [-0.4, -0.2) is 47.3 Å². The van der Waals surface area contributed by atoms with Crippen LogP contribution >= 0.6 is 0 Å². The van der Waals surface area contributed by atoms with Crippen molar-refractivity contribution in [3.63, 3.8) is 0 Å². The lowest BCUT2D eigenvalue weighted by Crippen LogP contribution is -2.48. The van der Waals surface area contributed by atoms with Crippen molar-refractivity contribution in [3.05, 3.63) is 48.3 Å². The molecule has 28 heavy (non-hydrogen) atoms. The molecule has 1 aromatic heterocycles. The lowest BCUT2D eigenvalue weighted by molar-refractivity contribution is 0.00439. The van der Waals surface area contributed by atoms with E-state index in [9.17, 15) is 4.79 Å². The number of aromatic nitrogens is 2. The second kappa shape index (κ2) is 9.10. The summed E-state index contributed by atoms with van der Waals surface area (Å²) in [6, 6.07) is 9.86. The van der Waals surface area contributed by atoms with E-state index in [0.717, 1.165) is 24.3 Å². The van der Waals surface area contributed by atoms with Gasteiger partial charge in [-0.1, -0.05) is 12.1 Å². The number of benzene rings is 1. The second-order valence-electron chi connectivity index (χ2n) is 8.03. The number of hydrogen-bond donors (Lipinski definition) is 1. The highest BCUT2D eigenvalue weighted by molar-refractivity contribution is 5.68. The van der Waals surface area contributed by atoms with Gasteiger partial charge >= 0.3 is 6.09 Å². The first kappa shape index (κ1) is 20.2. The average Bonchev–Trinajstić information content (AvgIpc) is 3.13. The molecule has 1 saturated heterocycles. The zero-order chi connectivity index (χ0) is 20.0. The number of rotatable bonds is 6. The third kappa shape index (κ3) is 6.27. The van der Waals surface area contributed by atoms with Crippen LogP contribution in [0.4, 0.5) is 4.79 Å². The standard InChI is InChI=1S/C21H29N3O4/c1-21(2,3)28-20(25)23-19-9-12-26-14-17(19)15-27-18-7-5-16(6-8-18)13-24-11-4-10-22-24/h4-8,10-11,17,19H,9,12-15H2,1-3H3,(H,23,25)/t17-,19+/m1/s1. The van der Waals surface area contributed by atoms with Gasteiger partial charge in [-0.3, -0.25) is 4.68 Å². The van der Waals surface area contributed by atoms with E-state index < -0.39 is 11.7 Å². The second-order valence-corrected chi connectivity index (χ2v) is 8.03. The van der Waals surface area contributed by atoms with Gasteiger partial charge < -0.3 is 19.5 Å². The smallest absolute Gasteiger partial charge is 0.407 e. The Kier molecular flexibility index (Phi) is 6.57. The normalized spacial score (nSPS) is 19.8. The van der Waals surface area contributed by atoms with Crippen molar-refractivity contribution in [2.75, 3.05) is 19.8 Å². The average molecular weight is 387 g/mol. The van der Waals surface area contributed by atoms with Crippen molar-refractivity contribution < 1.29 is 19.0 Å². The van der Waals surface area contributed by atoms with Gasteiger partial charge in [0.1, 0.15) is 11.4 Å². The van der Waals surface area contributed by atoms with Crippen LogP contribution in [-0.2, 0) is 16.0 Å². The van der Waals surface area contributed by atoms with Crippen molar-refractivity contribution in [1.82, 2.24) is 15.1 Å². The van der Waals surface area contributed by atoms with Crippen LogP contribution in [0.2, 0.25) is 0 Å². The first-order valence-electron chi connectivity index (χ1n) is 9.65. The van der Waals surface area contributed by atoms with E-state index in [1.165, 1.54) is 0 Å². The molecule has 0 radical (unpaired) electrons. The Morgan fingerprint density at radius 1 is 1.32 bits per heavy atom. The Bertz CT molecular complexity index is 738. The Labute approximate surface area is 166 Å². The van der Waals surface area contributed by atoms with Crippen molar-refractivity contribution in [2.24, 2.45) is 5.92 Å². The number of ether oxygens (including phenoxy) is 3. The third-order valence-electron chi connectivity index (χ3n) is 4.47. The van der Waals surface area contributed by atoms with Crippen molar-refractivity contribution in [2.45, 2.75) is 45.4 Å². The molecule has 2 heterocycles. The fourth-order valence-corrected chi connectivity index (χ4v) is 3.09. The highest BCUT2D eigenvalue weighted by Crippen LogP contribution is 2.19. The molecule has 1 aliphatic rings. The molecule has 0 saturated carbocycles. The highest BCUT2D eigenvalue weighted by Gasteiger charge is 2.29. The van der Waals surface area contributed by atoms with E-state index in [1.54, 1.807) is 6.20 Å². The van der Waals surface area contributed by atoms with Gasteiger partial charge in [-0.05, 0) is 51.0 Å². The molecule has 3 rings (SSSR count). The summed E-state index contributed by atoms with van der Waals surface area (Å²) < 4.78 is 18.8. The Morgan fingerprint density at radius 2 is 2.11 bits per heavy atom. The molecule has 1 N–H and O–H groups in total. The van der Waals surface area contributed by atoms with Crippen LogP contribution in [0.5, 0.6) is 5.75 Å². The molecule has 0 bridgehead atoms. The fourth-order valence-electron chi connectivity index (χ4n) is 3.09. The monoisotopic (exact) mass is 387 g/mol. The molecule has 7 nitrogen and oxygen atoms in total. The van der Waals surface area contributed by atoms with Gasteiger partial charge in [-0.15, -0.1) is 0 Å². The summed E-state index contributed by atoms with van der Waals surface area (Å²) >= 11 is 0. The highest BCUT2D eigenvalue weighted by atomic mass is 16.6. The number of nitrogens with one attached hydrogen (secondary N) is 1. The van der Waals surface area contributed by atoms with Crippen molar-refractivity contribution in [1.29, 1.82) is 0 Å². The Hall–Kier alpha value is -2.54. The van der Waals surface area contributed by atoms with Gasteiger partial charge in [-0.25, -0.2) is 4.79 Å². The minimum absolute atomic E-state index is 0.0253. The molecule has 152 valence electrons. The van der Waals surface area contributed by atoms with Gasteiger partial charge in [0, 0.05) is 31.0 Å². The summed E-state index contributed by atoms with van der Waals surface area (Å²) in [4.78, 5) is 12.1. The molecule has 1 fully saturated rings. The van der Waals surface area contributed by atoms with Crippen LogP contribution in [0.15, 0.2) is 42.7 Å². The summed E-state index contributed by atoms with van der Waals surface area (Å²) in [7, 11) is 0. The SMILES string of the molecule is CC(C)(C)OC(=O)N[C@H]1CCOC[C@@H]1COc1ccc(Cn2cccn2)cc1. The van der Waals surface area contributed by atoms with E-state index in [2.05, 4.69) is 10.4 Å². The molecule has 2 aromatic rings. The van der Waals surface area contributed by atoms with E-state index in [-0.39, 0.29) is 12.0 Å². The third-order valence-corrected chi connectivity index (χ3v) is 4.47. The maximum atomic E-state index is 12.1. The summed E-state index contributed by atoms with van der Waals surface area (Å²) in [5.41, 5.74) is 0.639. The number of hydrogen-bond acceptors (Lipinski definition) is 5. The molecule has 7 heteroatoms. The quantitative estimate of drug-likeness (QED) is 0.824. The van der Waals surface area contributed by atoms with E-state index in [1.807, 2.05) is 62.0 Å². The van der Waals surface area contributed by atoms with E-state index in [0.29, 0.717) is 19.8 Å². The summed E-state index contributed by atoms with van der Waals surface area (Å²) in [6.07, 6.45) is 4.06. The first-order chi connectivity index (χ1) is 13.4. The summed E-state index contributed by atoms with van der Waals surface area (Å²) in [6.45, 7) is 7.94. The van der Waals surface area contributed by atoms with Crippen molar-refractivity contribution in [3.8, 4) is 5.75 Å². The molecule has 1 aliphatic heterocycles. The number of alkyl carbamates (subject to hydrolysis) is 1. The minimum Gasteiger partial charge on any atom is -0.493 e. The van der Waals surface area contributed by atoms with Gasteiger partial charge in [-0.2, -0.15) is 5.10 Å². The van der Waals surface area contributed by atoms with Gasteiger partial charge in [0.15, 0.2) is 0 Å². The maximum Gasteiger partial charge on any atom is 0.407 e. The van der Waals surface area contributed by atoms with Crippen LogP contribution < -0.4 is 10.1 Å². The maximum absolute atomic E-state index is 12.1. The van der Waals surface area contributed by atoms with Gasteiger partial charge in [0.25, 0.3) is 0 Å². The minimum atomic E-state index is -0.515. The van der Waals surface area contributed by atoms with Crippen LogP contribution in [0, 0.1) is 5.92 Å². The van der Waals surface area contributed by atoms with E-state index in [4.69, 9.17) is 14.2 Å². The molecule has 2 atom stereocenters. The van der Waals surface area contributed by atoms with Crippen LogP contribution in [0.3, 0.4) is 0 Å². The molecular weight excluding hydrogens is 358 g/mol. The lowest BCUT2D eigenvalue weighted by atomic mass is 9.97. The Morgan fingerprint density at radius 3 is 2.79 bits per heavy atom. The predicted molar refractivity (Wildman–Crippen MR) is 105 cm³/mol. The number of amides is 1. The van der Waals surface area contributed by atoms with Gasteiger partial charge in [0.2, 0.25) is 0 Å². The molecule has 1 amide bonds. The number of nitrogens with zero attached hydrogens (tertiary/aromatic N) is 2. The topological polar surface area (TPSA) is 74.6 Å².